The Morgan fingerprint density at radius 2 is 2.14 bits per heavy atom. The maximum absolute atomic E-state index is 12.7. The third-order valence-electron chi connectivity index (χ3n) is 5.24. The first-order valence-electron chi connectivity index (χ1n) is 9.70. The lowest BCUT2D eigenvalue weighted by molar-refractivity contribution is 0.199. The highest BCUT2D eigenvalue weighted by Crippen LogP contribution is 2.16. The van der Waals surface area contributed by atoms with E-state index in [0.29, 0.717) is 17.2 Å². The molecule has 0 aliphatic carbocycles. The molecule has 0 unspecified atom stereocenters. The molecule has 8 heteroatoms. The van der Waals surface area contributed by atoms with Crippen LogP contribution in [0.5, 0.6) is 0 Å². The third kappa shape index (κ3) is 4.12. The number of H-pyrrole nitrogens is 1. The molecule has 0 radical (unpaired) electrons. The number of anilines is 1. The van der Waals surface area contributed by atoms with Crippen LogP contribution < -0.4 is 10.9 Å². The number of pyridine rings is 1. The van der Waals surface area contributed by atoms with E-state index in [1.165, 1.54) is 23.9 Å². The Labute approximate surface area is 163 Å². The first kappa shape index (κ1) is 18.4. The van der Waals surface area contributed by atoms with E-state index in [0.717, 1.165) is 37.7 Å². The second kappa shape index (κ2) is 8.35. The van der Waals surface area contributed by atoms with E-state index in [1.807, 2.05) is 12.1 Å². The molecule has 4 rings (SSSR count). The van der Waals surface area contributed by atoms with Crippen molar-refractivity contribution in [1.29, 1.82) is 0 Å². The Hall–Kier alpha value is -3.00. The number of piperidine rings is 1. The van der Waals surface area contributed by atoms with Gasteiger partial charge in [-0.2, -0.15) is 0 Å². The van der Waals surface area contributed by atoms with E-state index in [-0.39, 0.29) is 5.56 Å². The first-order chi connectivity index (χ1) is 13.7. The van der Waals surface area contributed by atoms with Gasteiger partial charge in [-0.05, 0) is 37.9 Å². The first-order valence-corrected chi connectivity index (χ1v) is 9.70. The average Bonchev–Trinajstić information content (AvgIpc) is 3.12. The Morgan fingerprint density at radius 3 is 2.93 bits per heavy atom. The van der Waals surface area contributed by atoms with Crippen LogP contribution >= 0.6 is 0 Å². The lowest BCUT2D eigenvalue weighted by atomic mass is 9.99. The zero-order chi connectivity index (χ0) is 19.3. The second-order valence-corrected chi connectivity index (χ2v) is 7.28. The fraction of sp³-hybridized carbons (Fsp3) is 0.400. The number of nitrogens with zero attached hydrogens (tertiary/aromatic N) is 5. The van der Waals surface area contributed by atoms with Gasteiger partial charge >= 0.3 is 0 Å². The molecule has 146 valence electrons. The number of aromatic amines is 1. The molecule has 0 amide bonds. The number of rotatable bonds is 6. The predicted molar refractivity (Wildman–Crippen MR) is 109 cm³/mol. The molecule has 1 saturated heterocycles. The summed E-state index contributed by atoms with van der Waals surface area (Å²) in [5.74, 6) is 2.05. The quantitative estimate of drug-likeness (QED) is 0.682. The Balaban J connectivity index is 1.43. The van der Waals surface area contributed by atoms with Gasteiger partial charge in [0.1, 0.15) is 12.1 Å². The molecule has 8 nitrogen and oxygen atoms in total. The zero-order valence-electron chi connectivity index (χ0n) is 16.0. The van der Waals surface area contributed by atoms with Crippen LogP contribution in [0.3, 0.4) is 0 Å². The maximum Gasteiger partial charge on any atom is 0.280 e. The molecule has 28 heavy (non-hydrogen) atoms. The highest BCUT2D eigenvalue weighted by molar-refractivity contribution is 5.60. The smallest absolute Gasteiger partial charge is 0.280 e. The molecule has 0 atom stereocenters. The van der Waals surface area contributed by atoms with E-state index in [9.17, 15) is 4.79 Å². The minimum atomic E-state index is -0.167. The number of aromatic nitrogens is 5. The predicted octanol–water partition coefficient (Wildman–Crippen LogP) is 2.16. The highest BCUT2D eigenvalue weighted by Gasteiger charge is 2.15. The molecule has 1 aliphatic heterocycles. The lowest BCUT2D eigenvalue weighted by Gasteiger charge is -2.30. The number of nitrogens with one attached hydrogen (secondary N) is 2. The number of hydrogen-bond donors (Lipinski definition) is 2. The van der Waals surface area contributed by atoms with Gasteiger partial charge in [0.25, 0.3) is 5.56 Å². The van der Waals surface area contributed by atoms with Crippen LogP contribution in [0.1, 0.15) is 19.8 Å². The van der Waals surface area contributed by atoms with Crippen molar-refractivity contribution in [2.24, 2.45) is 5.92 Å². The molecule has 1 fully saturated rings. The summed E-state index contributed by atoms with van der Waals surface area (Å²) in [5, 5.41) is 6.32. The van der Waals surface area contributed by atoms with Crippen molar-refractivity contribution in [2.45, 2.75) is 19.8 Å². The molecule has 0 spiro atoms. The van der Waals surface area contributed by atoms with Crippen molar-refractivity contribution in [3.05, 3.63) is 53.5 Å². The highest BCUT2D eigenvalue weighted by atomic mass is 16.1. The van der Waals surface area contributed by atoms with Gasteiger partial charge in [0, 0.05) is 43.3 Å². The summed E-state index contributed by atoms with van der Waals surface area (Å²) in [4.78, 5) is 27.8. The summed E-state index contributed by atoms with van der Waals surface area (Å²) >= 11 is 0. The molecule has 4 heterocycles. The van der Waals surface area contributed by atoms with Crippen molar-refractivity contribution in [1.82, 2.24) is 29.6 Å². The summed E-state index contributed by atoms with van der Waals surface area (Å²) < 4.78 is 1.42. The van der Waals surface area contributed by atoms with Crippen molar-refractivity contribution in [3.63, 3.8) is 0 Å². The Bertz CT molecular complexity index is 958. The van der Waals surface area contributed by atoms with Crippen molar-refractivity contribution < 1.29 is 0 Å². The Morgan fingerprint density at radius 1 is 1.29 bits per heavy atom. The fourth-order valence-electron chi connectivity index (χ4n) is 3.46. The van der Waals surface area contributed by atoms with Gasteiger partial charge in [-0.3, -0.25) is 14.9 Å². The molecule has 3 aromatic heterocycles. The van der Waals surface area contributed by atoms with Gasteiger partial charge in [-0.25, -0.2) is 14.6 Å². The van der Waals surface area contributed by atoms with Crippen LogP contribution in [0.15, 0.2) is 47.9 Å². The Kier molecular flexibility index (Phi) is 5.48. The van der Waals surface area contributed by atoms with Crippen molar-refractivity contribution in [2.75, 3.05) is 31.5 Å². The number of likely N-dealkylation sites (tertiary alicyclic amines) is 1. The van der Waals surface area contributed by atoms with Gasteiger partial charge in [0.15, 0.2) is 5.82 Å². The third-order valence-corrected chi connectivity index (χ3v) is 5.24. The van der Waals surface area contributed by atoms with Crippen LogP contribution in [0.2, 0.25) is 0 Å². The van der Waals surface area contributed by atoms with Crippen LogP contribution in [0.25, 0.3) is 16.9 Å². The molecule has 2 N–H and O–H groups in total. The van der Waals surface area contributed by atoms with Crippen LogP contribution in [0, 0.1) is 5.92 Å². The summed E-state index contributed by atoms with van der Waals surface area (Å²) in [7, 11) is 0. The second-order valence-electron chi connectivity index (χ2n) is 7.28. The summed E-state index contributed by atoms with van der Waals surface area (Å²) in [6.45, 7) is 6.44. The molecule has 3 aromatic rings. The monoisotopic (exact) mass is 379 g/mol. The van der Waals surface area contributed by atoms with E-state index >= 15 is 0 Å². The number of hydrogen-bond acceptors (Lipinski definition) is 6. The van der Waals surface area contributed by atoms with Gasteiger partial charge in [0.2, 0.25) is 0 Å². The average molecular weight is 379 g/mol. The minimum absolute atomic E-state index is 0.167. The molecular formula is C20H25N7O. The van der Waals surface area contributed by atoms with E-state index < -0.39 is 0 Å². The molecule has 0 aromatic carbocycles. The van der Waals surface area contributed by atoms with Gasteiger partial charge < -0.3 is 10.2 Å². The summed E-state index contributed by atoms with van der Waals surface area (Å²) in [5.41, 5.74) is 1.16. The molecular weight excluding hydrogens is 354 g/mol. The maximum atomic E-state index is 12.7. The van der Waals surface area contributed by atoms with Gasteiger partial charge in [-0.1, -0.05) is 13.0 Å². The van der Waals surface area contributed by atoms with Gasteiger partial charge in [0.05, 0.1) is 5.56 Å². The summed E-state index contributed by atoms with van der Waals surface area (Å²) in [6.07, 6.45) is 9.03. The van der Waals surface area contributed by atoms with Crippen LogP contribution in [-0.2, 0) is 0 Å². The normalized spacial score (nSPS) is 15.6. The lowest BCUT2D eigenvalue weighted by Crippen LogP contribution is -2.36. The van der Waals surface area contributed by atoms with Gasteiger partial charge in [-0.15, -0.1) is 0 Å². The molecule has 0 saturated carbocycles. The van der Waals surface area contributed by atoms with E-state index in [1.54, 1.807) is 24.7 Å². The zero-order valence-corrected chi connectivity index (χ0v) is 16.0. The van der Waals surface area contributed by atoms with Crippen LogP contribution in [-0.4, -0.2) is 55.8 Å². The minimum Gasteiger partial charge on any atom is -0.369 e. The SMILES string of the molecule is CC1CCN(CCNc2cc(-n3[nH]cc(-c4cccnc4)c3=O)ncn2)CC1. The van der Waals surface area contributed by atoms with Crippen molar-refractivity contribution in [3.8, 4) is 16.9 Å². The van der Waals surface area contributed by atoms with Crippen LogP contribution in [0.4, 0.5) is 5.82 Å². The summed E-state index contributed by atoms with van der Waals surface area (Å²) in [6, 6.07) is 5.45. The molecule has 1 aliphatic rings. The largest absolute Gasteiger partial charge is 0.369 e. The van der Waals surface area contributed by atoms with E-state index in [2.05, 4.69) is 37.2 Å². The molecule has 0 bridgehead atoms. The topological polar surface area (TPSA) is 91.7 Å². The van der Waals surface area contributed by atoms with E-state index in [4.69, 9.17) is 0 Å². The van der Waals surface area contributed by atoms with Crippen molar-refractivity contribution >= 4 is 5.82 Å². The standard InChI is InChI=1S/C20H25N7O/c1-15-4-8-26(9-5-15)10-7-22-18-11-19(24-14-23-18)27-20(28)17(13-25-27)16-3-2-6-21-12-16/h2-3,6,11-15,25H,4-5,7-10H2,1H3,(H,22,23,24). The fourth-order valence-corrected chi connectivity index (χ4v) is 3.46.